The third-order valence-corrected chi connectivity index (χ3v) is 3.04. The van der Waals surface area contributed by atoms with Crippen molar-refractivity contribution in [1.82, 2.24) is 10.2 Å². The van der Waals surface area contributed by atoms with Crippen molar-refractivity contribution in [1.29, 1.82) is 0 Å². The van der Waals surface area contributed by atoms with Gasteiger partial charge in [0.2, 0.25) is 5.91 Å². The Kier molecular flexibility index (Phi) is 3.15. The second-order valence-electron chi connectivity index (χ2n) is 6.15. The van der Waals surface area contributed by atoms with Gasteiger partial charge in [-0.1, -0.05) is 0 Å². The molecule has 1 fully saturated rings. The molecule has 0 aromatic heterocycles. The summed E-state index contributed by atoms with van der Waals surface area (Å²) in [5, 5.41) is 3.46. The Labute approximate surface area is 93.2 Å². The van der Waals surface area contributed by atoms with Crippen molar-refractivity contribution >= 4 is 5.91 Å². The molecule has 0 aromatic rings. The van der Waals surface area contributed by atoms with E-state index < -0.39 is 0 Å². The Hall–Kier alpha value is -0.570. The highest BCUT2D eigenvalue weighted by Gasteiger charge is 2.39. The van der Waals surface area contributed by atoms with Gasteiger partial charge < -0.3 is 10.2 Å². The van der Waals surface area contributed by atoms with E-state index in [1.54, 1.807) is 0 Å². The molecule has 1 N–H and O–H groups in total. The standard InChI is InChI=1S/C12H24N2O/c1-9(2)14-8-12(5,6)13-7-11(3,4)10(14)15/h9,13H,7-8H2,1-6H3. The van der Waals surface area contributed by atoms with Crippen molar-refractivity contribution in [2.45, 2.75) is 53.1 Å². The molecule has 0 aliphatic carbocycles. The minimum Gasteiger partial charge on any atom is -0.338 e. The maximum absolute atomic E-state index is 12.3. The summed E-state index contributed by atoms with van der Waals surface area (Å²) in [4.78, 5) is 14.3. The molecule has 0 radical (unpaired) electrons. The van der Waals surface area contributed by atoms with Gasteiger partial charge >= 0.3 is 0 Å². The Morgan fingerprint density at radius 3 is 2.27 bits per heavy atom. The van der Waals surface area contributed by atoms with E-state index in [1.165, 1.54) is 0 Å². The first-order chi connectivity index (χ1) is 6.66. The topological polar surface area (TPSA) is 32.3 Å². The van der Waals surface area contributed by atoms with Crippen molar-refractivity contribution < 1.29 is 4.79 Å². The summed E-state index contributed by atoms with van der Waals surface area (Å²) in [5.41, 5.74) is -0.286. The van der Waals surface area contributed by atoms with Gasteiger partial charge in [0.15, 0.2) is 0 Å². The number of hydrogen-bond donors (Lipinski definition) is 1. The highest BCUT2D eigenvalue weighted by atomic mass is 16.2. The van der Waals surface area contributed by atoms with Gasteiger partial charge in [-0.3, -0.25) is 4.79 Å². The first kappa shape index (κ1) is 12.5. The van der Waals surface area contributed by atoms with Gasteiger partial charge in [0.1, 0.15) is 0 Å². The summed E-state index contributed by atoms with van der Waals surface area (Å²) in [6, 6.07) is 0.274. The van der Waals surface area contributed by atoms with Crippen LogP contribution in [-0.2, 0) is 4.79 Å². The Morgan fingerprint density at radius 1 is 1.27 bits per heavy atom. The molecular formula is C12H24N2O. The van der Waals surface area contributed by atoms with E-state index in [4.69, 9.17) is 0 Å². The molecule has 88 valence electrons. The average Bonchev–Trinajstić information content (AvgIpc) is 2.16. The molecule has 0 unspecified atom stereocenters. The molecule has 15 heavy (non-hydrogen) atoms. The maximum atomic E-state index is 12.3. The lowest BCUT2D eigenvalue weighted by atomic mass is 9.91. The minimum absolute atomic E-state index is 0.00764. The molecule has 1 aliphatic rings. The fraction of sp³-hybridized carbons (Fsp3) is 0.917. The molecular weight excluding hydrogens is 188 g/mol. The van der Waals surface area contributed by atoms with Crippen LogP contribution in [0.5, 0.6) is 0 Å². The summed E-state index contributed by atoms with van der Waals surface area (Å²) in [7, 11) is 0. The molecule has 1 heterocycles. The summed E-state index contributed by atoms with van der Waals surface area (Å²) in [6.07, 6.45) is 0. The van der Waals surface area contributed by atoms with E-state index in [-0.39, 0.29) is 22.9 Å². The monoisotopic (exact) mass is 212 g/mol. The molecule has 1 rings (SSSR count). The minimum atomic E-state index is -0.294. The number of rotatable bonds is 1. The van der Waals surface area contributed by atoms with Crippen LogP contribution in [0, 0.1) is 5.41 Å². The first-order valence-electron chi connectivity index (χ1n) is 5.72. The van der Waals surface area contributed by atoms with E-state index in [9.17, 15) is 4.79 Å². The molecule has 1 saturated heterocycles. The second-order valence-corrected chi connectivity index (χ2v) is 6.15. The number of carbonyl (C=O) groups excluding carboxylic acids is 1. The average molecular weight is 212 g/mol. The van der Waals surface area contributed by atoms with Crippen molar-refractivity contribution in [2.24, 2.45) is 5.41 Å². The lowest BCUT2D eigenvalue weighted by Gasteiger charge is -2.34. The Bertz CT molecular complexity index is 256. The third-order valence-electron chi connectivity index (χ3n) is 3.04. The van der Waals surface area contributed by atoms with Crippen LogP contribution >= 0.6 is 0 Å². The zero-order chi connectivity index (χ0) is 11.9. The van der Waals surface area contributed by atoms with Crippen LogP contribution in [0.15, 0.2) is 0 Å². The number of amides is 1. The predicted molar refractivity (Wildman–Crippen MR) is 62.7 cm³/mol. The van der Waals surface area contributed by atoms with Crippen molar-refractivity contribution in [3.05, 3.63) is 0 Å². The highest BCUT2D eigenvalue weighted by Crippen LogP contribution is 2.25. The number of carbonyl (C=O) groups is 1. The van der Waals surface area contributed by atoms with Crippen LogP contribution in [0.1, 0.15) is 41.5 Å². The van der Waals surface area contributed by atoms with Crippen LogP contribution in [0.3, 0.4) is 0 Å². The smallest absolute Gasteiger partial charge is 0.229 e. The molecule has 0 aromatic carbocycles. The Balaban J connectivity index is 2.98. The lowest BCUT2D eigenvalue weighted by Crippen LogP contribution is -2.49. The van der Waals surface area contributed by atoms with Crippen molar-refractivity contribution in [2.75, 3.05) is 13.1 Å². The number of nitrogens with zero attached hydrogens (tertiary/aromatic N) is 1. The van der Waals surface area contributed by atoms with Crippen molar-refractivity contribution in [3.8, 4) is 0 Å². The van der Waals surface area contributed by atoms with Crippen LogP contribution in [0.4, 0.5) is 0 Å². The van der Waals surface area contributed by atoms with E-state index in [0.717, 1.165) is 13.1 Å². The normalized spacial score (nSPS) is 25.5. The van der Waals surface area contributed by atoms with Crippen LogP contribution in [0.2, 0.25) is 0 Å². The van der Waals surface area contributed by atoms with Gasteiger partial charge in [0.25, 0.3) is 0 Å². The zero-order valence-corrected chi connectivity index (χ0v) is 10.8. The quantitative estimate of drug-likeness (QED) is 0.716. The SMILES string of the molecule is CC(C)N1CC(C)(C)NCC(C)(C)C1=O. The lowest BCUT2D eigenvalue weighted by molar-refractivity contribution is -0.140. The number of nitrogens with one attached hydrogen (secondary N) is 1. The Morgan fingerprint density at radius 2 is 1.80 bits per heavy atom. The predicted octanol–water partition coefficient (Wildman–Crippen LogP) is 1.63. The van der Waals surface area contributed by atoms with E-state index in [1.807, 2.05) is 18.7 Å². The van der Waals surface area contributed by atoms with Crippen LogP contribution in [-0.4, -0.2) is 35.5 Å². The summed E-state index contributed by atoms with van der Waals surface area (Å²) < 4.78 is 0. The fourth-order valence-corrected chi connectivity index (χ4v) is 1.90. The van der Waals surface area contributed by atoms with Crippen molar-refractivity contribution in [3.63, 3.8) is 0 Å². The van der Waals surface area contributed by atoms with Gasteiger partial charge in [-0.2, -0.15) is 0 Å². The zero-order valence-electron chi connectivity index (χ0n) is 10.8. The summed E-state index contributed by atoms with van der Waals surface area (Å²) in [6.45, 7) is 14.0. The molecule has 0 atom stereocenters. The van der Waals surface area contributed by atoms with Gasteiger partial charge in [-0.15, -0.1) is 0 Å². The maximum Gasteiger partial charge on any atom is 0.229 e. The van der Waals surface area contributed by atoms with Gasteiger partial charge in [-0.25, -0.2) is 0 Å². The van der Waals surface area contributed by atoms with Gasteiger partial charge in [0, 0.05) is 24.7 Å². The largest absolute Gasteiger partial charge is 0.338 e. The van der Waals surface area contributed by atoms with Gasteiger partial charge in [-0.05, 0) is 41.5 Å². The molecule has 3 heteroatoms. The second kappa shape index (κ2) is 3.78. The highest BCUT2D eigenvalue weighted by molar-refractivity contribution is 5.83. The molecule has 1 aliphatic heterocycles. The molecule has 1 amide bonds. The van der Waals surface area contributed by atoms with Crippen LogP contribution < -0.4 is 5.32 Å². The fourth-order valence-electron chi connectivity index (χ4n) is 1.90. The molecule has 0 saturated carbocycles. The number of hydrogen-bond acceptors (Lipinski definition) is 2. The van der Waals surface area contributed by atoms with Crippen LogP contribution in [0.25, 0.3) is 0 Å². The van der Waals surface area contributed by atoms with E-state index in [2.05, 4.69) is 33.0 Å². The molecule has 3 nitrogen and oxygen atoms in total. The molecule has 0 bridgehead atoms. The van der Waals surface area contributed by atoms with E-state index in [0.29, 0.717) is 0 Å². The van der Waals surface area contributed by atoms with Gasteiger partial charge in [0.05, 0.1) is 5.41 Å². The molecule has 0 spiro atoms. The first-order valence-corrected chi connectivity index (χ1v) is 5.72. The third kappa shape index (κ3) is 2.71. The summed E-state index contributed by atoms with van der Waals surface area (Å²) in [5.74, 6) is 0.260. The summed E-state index contributed by atoms with van der Waals surface area (Å²) >= 11 is 0. The van der Waals surface area contributed by atoms with E-state index >= 15 is 0 Å².